The first-order chi connectivity index (χ1) is 10.0. The molecular formula is C19H25NO. The molecule has 0 fully saturated rings. The minimum Gasteiger partial charge on any atom is -0.384 e. The molecule has 0 saturated heterocycles. The van der Waals surface area contributed by atoms with Gasteiger partial charge in [0.15, 0.2) is 0 Å². The largest absolute Gasteiger partial charge is 0.384 e. The van der Waals surface area contributed by atoms with E-state index in [9.17, 15) is 5.11 Å². The standard InChI is InChI=1S/C19H25NO/c1-16(15-20(2)3)19(21,18-12-8-5-9-13-18)14-17-10-6-4-7-11-17/h4-13,16,21H,14-15H2,1-3H3/t16-,19-/m1/s1. The van der Waals surface area contributed by atoms with Gasteiger partial charge in [0.05, 0.1) is 5.60 Å². The Hall–Kier alpha value is -1.64. The summed E-state index contributed by atoms with van der Waals surface area (Å²) in [4.78, 5) is 2.13. The molecule has 2 nitrogen and oxygen atoms in total. The van der Waals surface area contributed by atoms with Crippen LogP contribution in [-0.4, -0.2) is 30.6 Å². The van der Waals surface area contributed by atoms with Gasteiger partial charge in [0, 0.05) is 18.9 Å². The van der Waals surface area contributed by atoms with Crippen molar-refractivity contribution in [1.29, 1.82) is 0 Å². The molecular weight excluding hydrogens is 258 g/mol. The Bertz CT molecular complexity index is 538. The van der Waals surface area contributed by atoms with Gasteiger partial charge >= 0.3 is 0 Å². The summed E-state index contributed by atoms with van der Waals surface area (Å²) in [6, 6.07) is 20.2. The van der Waals surface area contributed by atoms with E-state index in [1.165, 1.54) is 0 Å². The van der Waals surface area contributed by atoms with Crippen molar-refractivity contribution in [2.24, 2.45) is 5.92 Å². The summed E-state index contributed by atoms with van der Waals surface area (Å²) in [6.45, 7) is 2.97. The smallest absolute Gasteiger partial charge is 0.0974 e. The highest BCUT2D eigenvalue weighted by molar-refractivity contribution is 5.27. The molecule has 0 spiro atoms. The number of benzene rings is 2. The van der Waals surface area contributed by atoms with E-state index in [1.54, 1.807) is 0 Å². The van der Waals surface area contributed by atoms with Crippen molar-refractivity contribution in [3.05, 3.63) is 71.8 Å². The first kappa shape index (κ1) is 15.7. The van der Waals surface area contributed by atoms with E-state index < -0.39 is 5.60 Å². The Morgan fingerprint density at radius 3 is 2.00 bits per heavy atom. The van der Waals surface area contributed by atoms with Crippen LogP contribution in [0.5, 0.6) is 0 Å². The maximum atomic E-state index is 11.4. The van der Waals surface area contributed by atoms with Gasteiger partial charge in [-0.2, -0.15) is 0 Å². The normalized spacial score (nSPS) is 15.7. The lowest BCUT2D eigenvalue weighted by Crippen LogP contribution is -2.41. The zero-order chi connectivity index (χ0) is 15.3. The van der Waals surface area contributed by atoms with E-state index >= 15 is 0 Å². The molecule has 0 unspecified atom stereocenters. The molecule has 0 heterocycles. The van der Waals surface area contributed by atoms with Crippen molar-refractivity contribution in [3.8, 4) is 0 Å². The second kappa shape index (κ2) is 6.88. The Balaban J connectivity index is 2.34. The molecule has 0 aliphatic carbocycles. The van der Waals surface area contributed by atoms with Gasteiger partial charge in [-0.3, -0.25) is 0 Å². The van der Waals surface area contributed by atoms with Crippen LogP contribution in [0.4, 0.5) is 0 Å². The van der Waals surface area contributed by atoms with Gasteiger partial charge in [-0.1, -0.05) is 67.6 Å². The molecule has 21 heavy (non-hydrogen) atoms. The van der Waals surface area contributed by atoms with Crippen LogP contribution < -0.4 is 0 Å². The van der Waals surface area contributed by atoms with Gasteiger partial charge in [0.1, 0.15) is 0 Å². The predicted molar refractivity (Wildman–Crippen MR) is 88.2 cm³/mol. The summed E-state index contributed by atoms with van der Waals surface area (Å²) >= 11 is 0. The van der Waals surface area contributed by atoms with Crippen molar-refractivity contribution in [2.45, 2.75) is 18.9 Å². The third kappa shape index (κ3) is 3.93. The molecule has 1 N–H and O–H groups in total. The molecule has 0 aliphatic heterocycles. The number of hydrogen-bond acceptors (Lipinski definition) is 2. The molecule has 0 aliphatic rings. The van der Waals surface area contributed by atoms with E-state index in [0.717, 1.165) is 17.7 Å². The molecule has 2 aromatic carbocycles. The molecule has 0 bridgehead atoms. The lowest BCUT2D eigenvalue weighted by atomic mass is 9.77. The van der Waals surface area contributed by atoms with Gasteiger partial charge in [-0.05, 0) is 25.2 Å². The second-order valence-corrected chi connectivity index (χ2v) is 6.12. The van der Waals surface area contributed by atoms with E-state index in [2.05, 4.69) is 24.0 Å². The van der Waals surface area contributed by atoms with Crippen molar-refractivity contribution >= 4 is 0 Å². The highest BCUT2D eigenvalue weighted by atomic mass is 16.3. The van der Waals surface area contributed by atoms with E-state index in [-0.39, 0.29) is 5.92 Å². The minimum atomic E-state index is -0.854. The van der Waals surface area contributed by atoms with Crippen molar-refractivity contribution in [1.82, 2.24) is 4.90 Å². The van der Waals surface area contributed by atoms with Gasteiger partial charge in [-0.25, -0.2) is 0 Å². The van der Waals surface area contributed by atoms with Crippen LogP contribution in [0, 0.1) is 5.92 Å². The molecule has 0 saturated carbocycles. The van der Waals surface area contributed by atoms with Crippen molar-refractivity contribution in [2.75, 3.05) is 20.6 Å². The van der Waals surface area contributed by atoms with Gasteiger partial charge in [0.25, 0.3) is 0 Å². The Morgan fingerprint density at radius 2 is 1.48 bits per heavy atom. The predicted octanol–water partition coefficient (Wildman–Crippen LogP) is 3.31. The Kier molecular flexibility index (Phi) is 5.16. The molecule has 2 aromatic rings. The van der Waals surface area contributed by atoms with Crippen molar-refractivity contribution < 1.29 is 5.11 Å². The SMILES string of the molecule is C[C@H](CN(C)C)[C@](O)(Cc1ccccc1)c1ccccc1. The van der Waals surface area contributed by atoms with E-state index in [4.69, 9.17) is 0 Å². The first-order valence-corrected chi connectivity index (χ1v) is 7.49. The number of hydrogen-bond donors (Lipinski definition) is 1. The molecule has 0 amide bonds. The zero-order valence-corrected chi connectivity index (χ0v) is 13.2. The van der Waals surface area contributed by atoms with E-state index in [0.29, 0.717) is 6.42 Å². The van der Waals surface area contributed by atoms with Crippen LogP contribution in [0.25, 0.3) is 0 Å². The third-order valence-corrected chi connectivity index (χ3v) is 4.04. The van der Waals surface area contributed by atoms with Crippen LogP contribution in [0.3, 0.4) is 0 Å². The highest BCUT2D eigenvalue weighted by Crippen LogP contribution is 2.33. The fourth-order valence-electron chi connectivity index (χ4n) is 2.89. The molecule has 2 rings (SSSR count). The summed E-state index contributed by atoms with van der Waals surface area (Å²) in [5.41, 5.74) is 1.30. The molecule has 0 radical (unpaired) electrons. The van der Waals surface area contributed by atoms with Crippen LogP contribution >= 0.6 is 0 Å². The third-order valence-electron chi connectivity index (χ3n) is 4.04. The highest BCUT2D eigenvalue weighted by Gasteiger charge is 2.35. The van der Waals surface area contributed by atoms with Crippen LogP contribution in [0.2, 0.25) is 0 Å². The molecule has 2 heteroatoms. The van der Waals surface area contributed by atoms with Gasteiger partial charge < -0.3 is 10.0 Å². The maximum Gasteiger partial charge on any atom is 0.0974 e. The molecule has 2 atom stereocenters. The average molecular weight is 283 g/mol. The monoisotopic (exact) mass is 283 g/mol. The first-order valence-electron chi connectivity index (χ1n) is 7.49. The summed E-state index contributed by atoms with van der Waals surface area (Å²) in [5.74, 6) is 0.134. The van der Waals surface area contributed by atoms with Crippen LogP contribution in [0.1, 0.15) is 18.1 Å². The molecule has 112 valence electrons. The van der Waals surface area contributed by atoms with Crippen LogP contribution in [-0.2, 0) is 12.0 Å². The fraction of sp³-hybridized carbons (Fsp3) is 0.368. The molecule has 0 aromatic heterocycles. The van der Waals surface area contributed by atoms with E-state index in [1.807, 2.05) is 62.6 Å². The number of aliphatic hydroxyl groups is 1. The second-order valence-electron chi connectivity index (χ2n) is 6.12. The minimum absolute atomic E-state index is 0.134. The topological polar surface area (TPSA) is 23.5 Å². The van der Waals surface area contributed by atoms with Gasteiger partial charge in [0.2, 0.25) is 0 Å². The zero-order valence-electron chi connectivity index (χ0n) is 13.2. The van der Waals surface area contributed by atoms with Crippen LogP contribution in [0.15, 0.2) is 60.7 Å². The van der Waals surface area contributed by atoms with Crippen molar-refractivity contribution in [3.63, 3.8) is 0 Å². The summed E-state index contributed by atoms with van der Waals surface area (Å²) in [7, 11) is 4.09. The lowest BCUT2D eigenvalue weighted by Gasteiger charge is -2.36. The number of nitrogens with zero attached hydrogens (tertiary/aromatic N) is 1. The maximum absolute atomic E-state index is 11.4. The summed E-state index contributed by atoms with van der Waals surface area (Å²) < 4.78 is 0. The number of rotatable bonds is 6. The Labute approximate surface area is 128 Å². The fourth-order valence-corrected chi connectivity index (χ4v) is 2.89. The average Bonchev–Trinajstić information content (AvgIpc) is 2.48. The Morgan fingerprint density at radius 1 is 0.952 bits per heavy atom. The quantitative estimate of drug-likeness (QED) is 0.879. The van der Waals surface area contributed by atoms with Gasteiger partial charge in [-0.15, -0.1) is 0 Å². The summed E-state index contributed by atoms with van der Waals surface area (Å²) in [6.07, 6.45) is 0.632. The lowest BCUT2D eigenvalue weighted by molar-refractivity contribution is -0.0254. The summed E-state index contributed by atoms with van der Waals surface area (Å²) in [5, 5.41) is 11.4.